The maximum absolute atomic E-state index is 12.5. The van der Waals surface area contributed by atoms with Crippen molar-refractivity contribution in [3.63, 3.8) is 0 Å². The van der Waals surface area contributed by atoms with Gasteiger partial charge in [0, 0.05) is 23.3 Å². The lowest BCUT2D eigenvalue weighted by atomic mass is 9.98. The highest BCUT2D eigenvalue weighted by Crippen LogP contribution is 2.29. The highest BCUT2D eigenvalue weighted by atomic mass is 16.1. The number of anilines is 1. The molecular weight excluding hydrogens is 324 g/mol. The largest absolute Gasteiger partial charge is 0.304 e. The lowest BCUT2D eigenvalue weighted by Crippen LogP contribution is -2.14. The fraction of sp³-hybridized carbons (Fsp3) is 0.0476. The van der Waals surface area contributed by atoms with Crippen molar-refractivity contribution in [1.29, 1.82) is 0 Å². The molecule has 5 heteroatoms. The van der Waals surface area contributed by atoms with Gasteiger partial charge < -0.3 is 5.32 Å². The van der Waals surface area contributed by atoms with Crippen molar-refractivity contribution in [3.05, 3.63) is 84.4 Å². The Balaban J connectivity index is 1.78. The normalized spacial score (nSPS) is 10.7. The molecule has 2 aromatic heterocycles. The number of para-hydroxylation sites is 1. The minimum absolute atomic E-state index is 0.313. The predicted molar refractivity (Wildman–Crippen MR) is 102 cm³/mol. The highest BCUT2D eigenvalue weighted by Gasteiger charge is 2.12. The van der Waals surface area contributed by atoms with E-state index in [1.807, 2.05) is 36.4 Å². The fourth-order valence-corrected chi connectivity index (χ4v) is 2.91. The molecule has 1 N–H and O–H groups in total. The molecule has 0 atom stereocenters. The number of benzene rings is 2. The average molecular weight is 340 g/mol. The van der Waals surface area contributed by atoms with Gasteiger partial charge in [-0.25, -0.2) is 9.97 Å². The number of fused-ring (bicyclic) bond motifs is 1. The zero-order valence-electron chi connectivity index (χ0n) is 14.2. The second-order valence-corrected chi connectivity index (χ2v) is 5.93. The van der Waals surface area contributed by atoms with Gasteiger partial charge in [0.25, 0.3) is 5.91 Å². The van der Waals surface area contributed by atoms with Gasteiger partial charge in [-0.05, 0) is 24.1 Å². The van der Waals surface area contributed by atoms with Crippen LogP contribution < -0.4 is 5.32 Å². The minimum atomic E-state index is -0.313. The van der Waals surface area contributed by atoms with E-state index in [-0.39, 0.29) is 5.91 Å². The molecule has 5 nitrogen and oxygen atoms in total. The van der Waals surface area contributed by atoms with Crippen molar-refractivity contribution in [2.45, 2.75) is 6.92 Å². The first-order valence-corrected chi connectivity index (χ1v) is 8.25. The third-order valence-electron chi connectivity index (χ3n) is 4.19. The molecule has 0 saturated carbocycles. The average Bonchev–Trinajstić information content (AvgIpc) is 2.68. The van der Waals surface area contributed by atoms with E-state index in [4.69, 9.17) is 0 Å². The van der Waals surface area contributed by atoms with Gasteiger partial charge in [0.2, 0.25) is 0 Å². The number of aryl methyl sites for hydroxylation is 1. The summed E-state index contributed by atoms with van der Waals surface area (Å²) < 4.78 is 0. The SMILES string of the molecule is Cc1ccccc1-c1cccc2ccc(C(=O)Nc3cnccn3)nc12. The van der Waals surface area contributed by atoms with Gasteiger partial charge >= 0.3 is 0 Å². The summed E-state index contributed by atoms with van der Waals surface area (Å²) in [5, 5.41) is 3.71. The molecular formula is C21H16N4O. The van der Waals surface area contributed by atoms with Crippen molar-refractivity contribution >= 4 is 22.6 Å². The number of hydrogen-bond acceptors (Lipinski definition) is 4. The molecule has 0 saturated heterocycles. The van der Waals surface area contributed by atoms with Crippen molar-refractivity contribution in [3.8, 4) is 11.1 Å². The standard InChI is InChI=1S/C21H16N4O/c1-14-5-2-3-7-16(14)17-8-4-6-15-9-10-18(24-20(15)17)21(26)25-19-13-22-11-12-23-19/h2-13H,1H3,(H,23,25,26). The Bertz CT molecular complexity index is 1090. The smallest absolute Gasteiger partial charge is 0.275 e. The summed E-state index contributed by atoms with van der Waals surface area (Å²) in [6.45, 7) is 2.07. The minimum Gasteiger partial charge on any atom is -0.304 e. The Hall–Kier alpha value is -3.60. The van der Waals surface area contributed by atoms with Crippen LogP contribution in [0.2, 0.25) is 0 Å². The van der Waals surface area contributed by atoms with Crippen LogP contribution in [0.15, 0.2) is 73.2 Å². The Morgan fingerprint density at radius 1 is 0.923 bits per heavy atom. The molecule has 4 rings (SSSR count). The molecule has 1 amide bonds. The topological polar surface area (TPSA) is 67.8 Å². The van der Waals surface area contributed by atoms with Gasteiger partial charge in [-0.15, -0.1) is 0 Å². The summed E-state index contributed by atoms with van der Waals surface area (Å²) in [7, 11) is 0. The lowest BCUT2D eigenvalue weighted by molar-refractivity contribution is 0.102. The Kier molecular flexibility index (Phi) is 4.11. The highest BCUT2D eigenvalue weighted by molar-refractivity contribution is 6.04. The quantitative estimate of drug-likeness (QED) is 0.605. The molecule has 0 aliphatic carbocycles. The molecule has 0 aliphatic heterocycles. The van der Waals surface area contributed by atoms with Crippen LogP contribution in [0.5, 0.6) is 0 Å². The van der Waals surface area contributed by atoms with Gasteiger partial charge in [-0.2, -0.15) is 0 Å². The second-order valence-electron chi connectivity index (χ2n) is 5.93. The summed E-state index contributed by atoms with van der Waals surface area (Å²) in [5.74, 6) is 0.0820. The van der Waals surface area contributed by atoms with Gasteiger partial charge in [-0.1, -0.05) is 48.5 Å². The molecule has 0 fully saturated rings. The van der Waals surface area contributed by atoms with E-state index in [9.17, 15) is 4.79 Å². The Labute approximate surface area is 150 Å². The number of aromatic nitrogens is 3. The first kappa shape index (κ1) is 15.9. The van der Waals surface area contributed by atoms with Crippen LogP contribution in [0.25, 0.3) is 22.0 Å². The van der Waals surface area contributed by atoms with Crippen molar-refractivity contribution in [2.75, 3.05) is 5.32 Å². The van der Waals surface area contributed by atoms with E-state index in [0.29, 0.717) is 11.5 Å². The summed E-state index contributed by atoms with van der Waals surface area (Å²) in [4.78, 5) is 25.2. The van der Waals surface area contributed by atoms with Crippen molar-refractivity contribution < 1.29 is 4.79 Å². The van der Waals surface area contributed by atoms with Gasteiger partial charge in [0.05, 0.1) is 11.7 Å². The fourth-order valence-electron chi connectivity index (χ4n) is 2.91. The summed E-state index contributed by atoms with van der Waals surface area (Å²) >= 11 is 0. The molecule has 0 spiro atoms. The van der Waals surface area contributed by atoms with Crippen LogP contribution in [0, 0.1) is 6.92 Å². The van der Waals surface area contributed by atoms with Crippen molar-refractivity contribution in [1.82, 2.24) is 15.0 Å². The predicted octanol–water partition coefficient (Wildman–Crippen LogP) is 4.25. The van der Waals surface area contributed by atoms with E-state index in [0.717, 1.165) is 27.6 Å². The first-order chi connectivity index (χ1) is 12.7. The van der Waals surface area contributed by atoms with Crippen LogP contribution in [0.4, 0.5) is 5.82 Å². The lowest BCUT2D eigenvalue weighted by Gasteiger charge is -2.10. The number of pyridine rings is 1. The van der Waals surface area contributed by atoms with Crippen LogP contribution in [0.1, 0.15) is 16.1 Å². The Morgan fingerprint density at radius 2 is 1.77 bits per heavy atom. The van der Waals surface area contributed by atoms with E-state index < -0.39 is 0 Å². The number of amides is 1. The molecule has 0 aliphatic rings. The van der Waals surface area contributed by atoms with Crippen LogP contribution >= 0.6 is 0 Å². The van der Waals surface area contributed by atoms with Gasteiger partial charge in [0.1, 0.15) is 5.69 Å². The molecule has 126 valence electrons. The third kappa shape index (κ3) is 3.02. The van der Waals surface area contributed by atoms with E-state index in [1.54, 1.807) is 12.3 Å². The van der Waals surface area contributed by atoms with Crippen molar-refractivity contribution in [2.24, 2.45) is 0 Å². The number of hydrogen-bond donors (Lipinski definition) is 1. The second kappa shape index (κ2) is 6.72. The number of nitrogens with zero attached hydrogens (tertiary/aromatic N) is 3. The number of nitrogens with one attached hydrogen (secondary N) is 1. The maximum atomic E-state index is 12.5. The molecule has 4 aromatic rings. The summed E-state index contributed by atoms with van der Waals surface area (Å²) in [6.07, 6.45) is 4.58. The molecule has 0 bridgehead atoms. The zero-order chi connectivity index (χ0) is 17.9. The van der Waals surface area contributed by atoms with E-state index >= 15 is 0 Å². The Morgan fingerprint density at radius 3 is 2.58 bits per heavy atom. The third-order valence-corrected chi connectivity index (χ3v) is 4.19. The first-order valence-electron chi connectivity index (χ1n) is 8.25. The molecule has 0 radical (unpaired) electrons. The molecule has 0 unspecified atom stereocenters. The van der Waals surface area contributed by atoms with Crippen LogP contribution in [-0.2, 0) is 0 Å². The molecule has 2 aromatic carbocycles. The summed E-state index contributed by atoms with van der Waals surface area (Å²) in [5.41, 5.74) is 4.42. The zero-order valence-corrected chi connectivity index (χ0v) is 14.2. The van der Waals surface area contributed by atoms with Gasteiger partial charge in [0.15, 0.2) is 5.82 Å². The summed E-state index contributed by atoms with van der Waals surface area (Å²) in [6, 6.07) is 17.8. The van der Waals surface area contributed by atoms with E-state index in [1.165, 1.54) is 12.4 Å². The van der Waals surface area contributed by atoms with E-state index in [2.05, 4.69) is 39.3 Å². The molecule has 2 heterocycles. The number of carbonyl (C=O) groups is 1. The monoisotopic (exact) mass is 340 g/mol. The maximum Gasteiger partial charge on any atom is 0.275 e. The van der Waals surface area contributed by atoms with Crippen LogP contribution in [-0.4, -0.2) is 20.9 Å². The molecule has 26 heavy (non-hydrogen) atoms. The van der Waals surface area contributed by atoms with Crippen LogP contribution in [0.3, 0.4) is 0 Å². The van der Waals surface area contributed by atoms with Gasteiger partial charge in [-0.3, -0.25) is 9.78 Å². The number of rotatable bonds is 3. The number of carbonyl (C=O) groups excluding carboxylic acids is 1.